The summed E-state index contributed by atoms with van der Waals surface area (Å²) in [6, 6.07) is -0.271. The zero-order chi connectivity index (χ0) is 13.0. The van der Waals surface area contributed by atoms with Gasteiger partial charge in [-0.3, -0.25) is 9.59 Å². The maximum absolute atomic E-state index is 11.9. The Morgan fingerprint density at radius 3 is 2.41 bits per heavy atom. The Balaban J connectivity index is 2.64. The molecule has 1 fully saturated rings. The van der Waals surface area contributed by atoms with E-state index in [1.807, 2.05) is 13.8 Å². The summed E-state index contributed by atoms with van der Waals surface area (Å²) >= 11 is 0. The largest absolute Gasteiger partial charge is 0.481 e. The molecule has 0 heterocycles. The van der Waals surface area contributed by atoms with Crippen LogP contribution < -0.4 is 5.32 Å². The van der Waals surface area contributed by atoms with Crippen LogP contribution in [0.4, 0.5) is 0 Å². The van der Waals surface area contributed by atoms with Gasteiger partial charge in [0.15, 0.2) is 0 Å². The number of carbonyl (C=O) groups excluding carboxylic acids is 1. The molecule has 4 atom stereocenters. The smallest absolute Gasteiger partial charge is 0.307 e. The normalized spacial score (nSPS) is 29.9. The molecule has 0 bridgehead atoms. The molecular weight excluding hydrogens is 222 g/mol. The molecule has 0 aromatic heterocycles. The van der Waals surface area contributed by atoms with E-state index in [1.54, 1.807) is 0 Å². The summed E-state index contributed by atoms with van der Waals surface area (Å²) < 4.78 is 0. The van der Waals surface area contributed by atoms with Crippen LogP contribution >= 0.6 is 0 Å². The minimum Gasteiger partial charge on any atom is -0.481 e. The van der Waals surface area contributed by atoms with Crippen LogP contribution in [-0.2, 0) is 9.59 Å². The van der Waals surface area contributed by atoms with Crippen molar-refractivity contribution in [1.29, 1.82) is 0 Å². The van der Waals surface area contributed by atoms with Crippen molar-refractivity contribution >= 4 is 11.9 Å². The molecule has 0 aromatic carbocycles. The lowest BCUT2D eigenvalue weighted by Crippen LogP contribution is -2.42. The van der Waals surface area contributed by atoms with Crippen LogP contribution in [-0.4, -0.2) is 34.7 Å². The van der Waals surface area contributed by atoms with Gasteiger partial charge in [-0.05, 0) is 25.2 Å². The summed E-state index contributed by atoms with van der Waals surface area (Å²) in [5.74, 6) is -1.90. The Morgan fingerprint density at radius 1 is 1.35 bits per heavy atom. The molecule has 1 amide bonds. The predicted molar refractivity (Wildman–Crippen MR) is 62.3 cm³/mol. The maximum Gasteiger partial charge on any atom is 0.307 e. The van der Waals surface area contributed by atoms with Crippen molar-refractivity contribution in [2.45, 2.75) is 39.2 Å². The third kappa shape index (κ3) is 3.43. The summed E-state index contributed by atoms with van der Waals surface area (Å²) in [5, 5.41) is 20.8. The molecule has 0 aliphatic heterocycles. The van der Waals surface area contributed by atoms with Crippen LogP contribution in [0.25, 0.3) is 0 Å². The molecule has 0 aromatic rings. The van der Waals surface area contributed by atoms with E-state index in [0.717, 1.165) is 0 Å². The van der Waals surface area contributed by atoms with E-state index in [4.69, 9.17) is 10.2 Å². The first-order valence-electron chi connectivity index (χ1n) is 6.13. The highest BCUT2D eigenvalue weighted by Gasteiger charge is 2.41. The van der Waals surface area contributed by atoms with Gasteiger partial charge in [0.25, 0.3) is 0 Å². The number of hydrogen-bond donors (Lipinski definition) is 3. The van der Waals surface area contributed by atoms with Gasteiger partial charge in [0.05, 0.1) is 24.5 Å². The third-order valence-corrected chi connectivity index (χ3v) is 3.51. The highest BCUT2D eigenvalue weighted by atomic mass is 16.4. The van der Waals surface area contributed by atoms with Gasteiger partial charge in [0.2, 0.25) is 5.91 Å². The number of aliphatic hydroxyl groups excluding tert-OH is 1. The molecule has 0 saturated heterocycles. The number of carboxylic acid groups (broad SMARTS) is 1. The van der Waals surface area contributed by atoms with Gasteiger partial charge < -0.3 is 15.5 Å². The van der Waals surface area contributed by atoms with Gasteiger partial charge in [-0.15, -0.1) is 0 Å². The van der Waals surface area contributed by atoms with E-state index in [2.05, 4.69) is 5.32 Å². The van der Waals surface area contributed by atoms with Crippen LogP contribution in [0.1, 0.15) is 33.1 Å². The van der Waals surface area contributed by atoms with E-state index in [0.29, 0.717) is 19.3 Å². The van der Waals surface area contributed by atoms with E-state index >= 15 is 0 Å². The highest BCUT2D eigenvalue weighted by molar-refractivity contribution is 5.85. The van der Waals surface area contributed by atoms with Crippen molar-refractivity contribution in [2.75, 3.05) is 6.61 Å². The maximum atomic E-state index is 11.9. The summed E-state index contributed by atoms with van der Waals surface area (Å²) in [6.07, 6.45) is 1.82. The molecule has 98 valence electrons. The number of aliphatic carboxylic acids is 1. The first-order chi connectivity index (χ1) is 7.99. The molecule has 1 saturated carbocycles. The lowest BCUT2D eigenvalue weighted by molar-refractivity contribution is -0.146. The van der Waals surface area contributed by atoms with Crippen molar-refractivity contribution in [3.63, 3.8) is 0 Å². The second-order valence-corrected chi connectivity index (χ2v) is 4.92. The van der Waals surface area contributed by atoms with Gasteiger partial charge in [-0.2, -0.15) is 0 Å². The summed E-state index contributed by atoms with van der Waals surface area (Å²) in [6.45, 7) is 3.72. The molecule has 17 heavy (non-hydrogen) atoms. The standard InChI is InChI=1S/C12H21NO4/c1-3-8(6-14)13-11(15)9-4-7(2)5-10(9)12(16)17/h7-10,14H,3-6H2,1-2H3,(H,13,15)(H,16,17)/t7?,8-,9+,10-/m1/s1. The minimum atomic E-state index is -0.897. The van der Waals surface area contributed by atoms with E-state index < -0.39 is 17.8 Å². The first kappa shape index (κ1) is 14.0. The fraction of sp³-hybridized carbons (Fsp3) is 0.833. The predicted octanol–water partition coefficient (Wildman–Crippen LogP) is 0.620. The number of carbonyl (C=O) groups is 2. The van der Waals surface area contributed by atoms with Crippen LogP contribution in [0.5, 0.6) is 0 Å². The Bertz CT molecular complexity index is 288. The third-order valence-electron chi connectivity index (χ3n) is 3.51. The van der Waals surface area contributed by atoms with Crippen molar-refractivity contribution in [3.8, 4) is 0 Å². The number of rotatable bonds is 5. The molecule has 0 radical (unpaired) electrons. The van der Waals surface area contributed by atoms with Crippen LogP contribution in [0, 0.1) is 17.8 Å². The molecule has 5 heteroatoms. The highest BCUT2D eigenvalue weighted by Crippen LogP contribution is 2.36. The number of hydrogen-bond acceptors (Lipinski definition) is 3. The Morgan fingerprint density at radius 2 is 1.94 bits per heavy atom. The number of amides is 1. The molecule has 1 unspecified atom stereocenters. The van der Waals surface area contributed by atoms with E-state index in [1.165, 1.54) is 0 Å². The summed E-state index contributed by atoms with van der Waals surface area (Å²) in [5.41, 5.74) is 0. The molecule has 1 aliphatic carbocycles. The number of aliphatic hydroxyl groups is 1. The zero-order valence-electron chi connectivity index (χ0n) is 10.3. The first-order valence-corrected chi connectivity index (χ1v) is 6.13. The van der Waals surface area contributed by atoms with Crippen LogP contribution in [0.3, 0.4) is 0 Å². The van der Waals surface area contributed by atoms with E-state index in [-0.39, 0.29) is 24.5 Å². The van der Waals surface area contributed by atoms with Gasteiger partial charge in [0, 0.05) is 0 Å². The SMILES string of the molecule is CC[C@H](CO)NC(=O)[C@H]1CC(C)C[C@H]1C(=O)O. The fourth-order valence-corrected chi connectivity index (χ4v) is 2.44. The van der Waals surface area contributed by atoms with Gasteiger partial charge in [0.1, 0.15) is 0 Å². The molecular formula is C12H21NO4. The van der Waals surface area contributed by atoms with Gasteiger partial charge >= 0.3 is 5.97 Å². The van der Waals surface area contributed by atoms with Gasteiger partial charge in [-0.1, -0.05) is 13.8 Å². The second kappa shape index (κ2) is 6.00. The number of carboxylic acids is 1. The molecule has 1 aliphatic rings. The molecule has 1 rings (SSSR count). The lowest BCUT2D eigenvalue weighted by atomic mass is 9.95. The molecule has 5 nitrogen and oxygen atoms in total. The second-order valence-electron chi connectivity index (χ2n) is 4.92. The minimum absolute atomic E-state index is 0.109. The van der Waals surface area contributed by atoms with Gasteiger partial charge in [-0.25, -0.2) is 0 Å². The van der Waals surface area contributed by atoms with Crippen molar-refractivity contribution in [3.05, 3.63) is 0 Å². The Hall–Kier alpha value is -1.10. The molecule has 0 spiro atoms. The van der Waals surface area contributed by atoms with Crippen molar-refractivity contribution in [1.82, 2.24) is 5.32 Å². The number of nitrogens with one attached hydrogen (secondary N) is 1. The monoisotopic (exact) mass is 243 g/mol. The molecule has 3 N–H and O–H groups in total. The van der Waals surface area contributed by atoms with E-state index in [9.17, 15) is 9.59 Å². The average Bonchev–Trinajstić information content (AvgIpc) is 2.68. The van der Waals surface area contributed by atoms with Crippen LogP contribution in [0.15, 0.2) is 0 Å². The zero-order valence-corrected chi connectivity index (χ0v) is 10.3. The quantitative estimate of drug-likeness (QED) is 0.660. The van der Waals surface area contributed by atoms with Crippen molar-refractivity contribution < 1.29 is 19.8 Å². The average molecular weight is 243 g/mol. The van der Waals surface area contributed by atoms with Crippen LogP contribution in [0.2, 0.25) is 0 Å². The summed E-state index contributed by atoms with van der Waals surface area (Å²) in [7, 11) is 0. The fourth-order valence-electron chi connectivity index (χ4n) is 2.44. The lowest BCUT2D eigenvalue weighted by Gasteiger charge is -2.20. The summed E-state index contributed by atoms with van der Waals surface area (Å²) in [4.78, 5) is 23.0. The Labute approximate surface area is 101 Å². The van der Waals surface area contributed by atoms with Crippen molar-refractivity contribution in [2.24, 2.45) is 17.8 Å². The topological polar surface area (TPSA) is 86.6 Å². The Kier molecular flexibility index (Phi) is 4.93.